The number of carbonyl (C=O) groups excluding carboxylic acids is 1. The van der Waals surface area contributed by atoms with Crippen LogP contribution in [0.15, 0.2) is 48.5 Å². The maximum Gasteiger partial charge on any atom is 0.317 e. The summed E-state index contributed by atoms with van der Waals surface area (Å²) in [4.78, 5) is 16.3. The fourth-order valence-corrected chi connectivity index (χ4v) is 3.37. The van der Waals surface area contributed by atoms with Crippen LogP contribution in [-0.4, -0.2) is 43.7 Å². The molecule has 0 atom stereocenters. The number of urea groups is 1. The van der Waals surface area contributed by atoms with Crippen molar-refractivity contribution in [2.24, 2.45) is 0 Å². The van der Waals surface area contributed by atoms with E-state index in [4.69, 9.17) is 23.2 Å². The van der Waals surface area contributed by atoms with Crippen LogP contribution in [0.25, 0.3) is 0 Å². The molecular weight excluding hydrogens is 357 g/mol. The number of halogens is 2. The molecule has 4 nitrogen and oxygen atoms in total. The van der Waals surface area contributed by atoms with Gasteiger partial charge >= 0.3 is 6.03 Å². The summed E-state index contributed by atoms with van der Waals surface area (Å²) < 4.78 is 0. The van der Waals surface area contributed by atoms with E-state index >= 15 is 0 Å². The number of anilines is 1. The van der Waals surface area contributed by atoms with Crippen molar-refractivity contribution < 1.29 is 4.79 Å². The summed E-state index contributed by atoms with van der Waals surface area (Å²) in [6.07, 6.45) is 0.838. The van der Waals surface area contributed by atoms with Gasteiger partial charge in [-0.2, -0.15) is 0 Å². The molecule has 1 aliphatic rings. The van der Waals surface area contributed by atoms with Gasteiger partial charge in [0.05, 0.1) is 15.7 Å². The van der Waals surface area contributed by atoms with Crippen molar-refractivity contribution in [3.05, 3.63) is 64.1 Å². The summed E-state index contributed by atoms with van der Waals surface area (Å²) in [5.74, 6) is 0. The number of piperazine rings is 1. The van der Waals surface area contributed by atoms with Gasteiger partial charge in [0.25, 0.3) is 0 Å². The molecule has 0 radical (unpaired) electrons. The predicted octanol–water partition coefficient (Wildman–Crippen LogP) is 4.07. The van der Waals surface area contributed by atoms with Gasteiger partial charge < -0.3 is 15.1 Å². The van der Waals surface area contributed by atoms with Crippen molar-refractivity contribution in [3.8, 4) is 0 Å². The maximum atomic E-state index is 12.3. The number of amides is 2. The van der Waals surface area contributed by atoms with E-state index < -0.39 is 0 Å². The lowest BCUT2D eigenvalue weighted by Crippen LogP contribution is -2.52. The van der Waals surface area contributed by atoms with E-state index in [1.165, 1.54) is 5.56 Å². The van der Waals surface area contributed by atoms with Crippen molar-refractivity contribution in [1.82, 2.24) is 10.2 Å². The van der Waals surface area contributed by atoms with Crippen molar-refractivity contribution in [3.63, 3.8) is 0 Å². The van der Waals surface area contributed by atoms with Crippen LogP contribution in [0, 0.1) is 0 Å². The summed E-state index contributed by atoms with van der Waals surface area (Å²) in [5, 5.41) is 4.13. The molecule has 0 bridgehead atoms. The van der Waals surface area contributed by atoms with Crippen LogP contribution in [0.5, 0.6) is 0 Å². The number of nitrogens with one attached hydrogen (secondary N) is 1. The summed E-state index contributed by atoms with van der Waals surface area (Å²) in [6.45, 7) is 3.46. The monoisotopic (exact) mass is 377 g/mol. The molecule has 1 N–H and O–H groups in total. The number of rotatable bonds is 4. The minimum atomic E-state index is -0.00669. The van der Waals surface area contributed by atoms with E-state index in [0.717, 1.165) is 25.2 Å². The number of hydrogen-bond donors (Lipinski definition) is 1. The normalized spacial score (nSPS) is 14.5. The highest BCUT2D eigenvalue weighted by atomic mass is 35.5. The predicted molar refractivity (Wildman–Crippen MR) is 104 cm³/mol. The molecule has 2 aromatic rings. The third-order valence-corrected chi connectivity index (χ3v) is 5.18. The average Bonchev–Trinajstić information content (AvgIpc) is 2.65. The molecule has 1 aliphatic heterocycles. The van der Waals surface area contributed by atoms with Gasteiger partial charge in [0.15, 0.2) is 0 Å². The Labute approximate surface area is 158 Å². The van der Waals surface area contributed by atoms with Crippen LogP contribution in [-0.2, 0) is 6.42 Å². The average molecular weight is 378 g/mol. The van der Waals surface area contributed by atoms with Gasteiger partial charge in [0.2, 0.25) is 0 Å². The Morgan fingerprint density at radius 1 is 0.960 bits per heavy atom. The molecule has 0 saturated carbocycles. The van der Waals surface area contributed by atoms with Crippen LogP contribution < -0.4 is 10.2 Å². The van der Waals surface area contributed by atoms with Gasteiger partial charge in [-0.05, 0) is 24.1 Å². The second kappa shape index (κ2) is 8.45. The van der Waals surface area contributed by atoms with Crippen LogP contribution in [0.4, 0.5) is 10.5 Å². The first kappa shape index (κ1) is 17.9. The standard InChI is InChI=1S/C19H21Cl2N3O/c20-16-7-4-8-17(18(16)21)23-11-13-24(14-12-23)19(25)22-10-9-15-5-2-1-3-6-15/h1-8H,9-14H2,(H,22,25). The summed E-state index contributed by atoms with van der Waals surface area (Å²) in [6, 6.07) is 15.8. The zero-order valence-electron chi connectivity index (χ0n) is 13.9. The molecule has 2 aromatic carbocycles. The topological polar surface area (TPSA) is 35.6 Å². The van der Waals surface area contributed by atoms with E-state index in [1.54, 1.807) is 6.07 Å². The maximum absolute atomic E-state index is 12.3. The smallest absolute Gasteiger partial charge is 0.317 e. The first-order chi connectivity index (χ1) is 12.1. The molecule has 25 heavy (non-hydrogen) atoms. The summed E-state index contributed by atoms with van der Waals surface area (Å²) in [5.41, 5.74) is 2.15. The molecule has 1 fully saturated rings. The van der Waals surface area contributed by atoms with Crippen LogP contribution in [0.3, 0.4) is 0 Å². The highest BCUT2D eigenvalue weighted by molar-refractivity contribution is 6.43. The fraction of sp³-hybridized carbons (Fsp3) is 0.316. The van der Waals surface area contributed by atoms with Crippen molar-refractivity contribution in [1.29, 1.82) is 0 Å². The number of nitrogens with zero attached hydrogens (tertiary/aromatic N) is 2. The van der Waals surface area contributed by atoms with Gasteiger partial charge in [-0.25, -0.2) is 4.79 Å². The molecule has 132 valence electrons. The van der Waals surface area contributed by atoms with E-state index in [-0.39, 0.29) is 6.03 Å². The van der Waals surface area contributed by atoms with Crippen LogP contribution in [0.2, 0.25) is 10.0 Å². The van der Waals surface area contributed by atoms with Crippen LogP contribution >= 0.6 is 23.2 Å². The van der Waals surface area contributed by atoms with Crippen molar-refractivity contribution in [2.75, 3.05) is 37.6 Å². The minimum Gasteiger partial charge on any atom is -0.367 e. The third-order valence-electron chi connectivity index (χ3n) is 4.37. The summed E-state index contributed by atoms with van der Waals surface area (Å²) in [7, 11) is 0. The van der Waals surface area contributed by atoms with Crippen molar-refractivity contribution in [2.45, 2.75) is 6.42 Å². The number of benzene rings is 2. The van der Waals surface area contributed by atoms with Crippen molar-refractivity contribution >= 4 is 34.9 Å². The van der Waals surface area contributed by atoms with Gasteiger partial charge in [0.1, 0.15) is 0 Å². The zero-order valence-corrected chi connectivity index (χ0v) is 15.4. The molecule has 0 aromatic heterocycles. The quantitative estimate of drug-likeness (QED) is 0.871. The second-order valence-corrected chi connectivity index (χ2v) is 6.80. The van der Waals surface area contributed by atoms with Crippen LogP contribution in [0.1, 0.15) is 5.56 Å². The number of carbonyl (C=O) groups is 1. The van der Waals surface area contributed by atoms with E-state index in [2.05, 4.69) is 22.3 Å². The highest BCUT2D eigenvalue weighted by Crippen LogP contribution is 2.32. The Kier molecular flexibility index (Phi) is 6.05. The Hall–Kier alpha value is -1.91. The zero-order chi connectivity index (χ0) is 17.6. The van der Waals surface area contributed by atoms with E-state index in [1.807, 2.05) is 35.2 Å². The molecule has 0 spiro atoms. The lowest BCUT2D eigenvalue weighted by atomic mass is 10.1. The summed E-state index contributed by atoms with van der Waals surface area (Å²) >= 11 is 12.4. The number of hydrogen-bond acceptors (Lipinski definition) is 2. The Bertz CT molecular complexity index is 716. The Morgan fingerprint density at radius 2 is 1.68 bits per heavy atom. The SMILES string of the molecule is O=C(NCCc1ccccc1)N1CCN(c2cccc(Cl)c2Cl)CC1. The molecule has 6 heteroatoms. The first-order valence-electron chi connectivity index (χ1n) is 8.41. The minimum absolute atomic E-state index is 0.00669. The van der Waals surface area contributed by atoms with Gasteiger partial charge in [-0.15, -0.1) is 0 Å². The van der Waals surface area contributed by atoms with Gasteiger partial charge in [0, 0.05) is 32.7 Å². The Morgan fingerprint density at radius 3 is 2.40 bits per heavy atom. The van der Waals surface area contributed by atoms with Gasteiger partial charge in [-0.3, -0.25) is 0 Å². The lowest BCUT2D eigenvalue weighted by molar-refractivity contribution is 0.194. The lowest BCUT2D eigenvalue weighted by Gasteiger charge is -2.36. The molecule has 3 rings (SSSR count). The molecular formula is C19H21Cl2N3O. The second-order valence-electron chi connectivity index (χ2n) is 6.01. The fourth-order valence-electron chi connectivity index (χ4n) is 2.96. The Balaban J connectivity index is 1.47. The third kappa shape index (κ3) is 4.59. The highest BCUT2D eigenvalue weighted by Gasteiger charge is 2.22. The molecule has 1 saturated heterocycles. The largest absolute Gasteiger partial charge is 0.367 e. The molecule has 0 unspecified atom stereocenters. The molecule has 2 amide bonds. The molecule has 1 heterocycles. The van der Waals surface area contributed by atoms with E-state index in [0.29, 0.717) is 29.7 Å². The molecule has 0 aliphatic carbocycles. The van der Waals surface area contributed by atoms with E-state index in [9.17, 15) is 4.79 Å². The first-order valence-corrected chi connectivity index (χ1v) is 9.16. The van der Waals surface area contributed by atoms with Gasteiger partial charge in [-0.1, -0.05) is 59.6 Å².